The van der Waals surface area contributed by atoms with E-state index < -0.39 is 10.0 Å². The summed E-state index contributed by atoms with van der Waals surface area (Å²) < 4.78 is 25.0. The van der Waals surface area contributed by atoms with Crippen molar-refractivity contribution in [2.24, 2.45) is 5.92 Å². The summed E-state index contributed by atoms with van der Waals surface area (Å²) in [4.78, 5) is 12.4. The van der Waals surface area contributed by atoms with E-state index in [1.165, 1.54) is 11.1 Å². The van der Waals surface area contributed by atoms with E-state index in [9.17, 15) is 13.2 Å². The Hall–Kier alpha value is -2.34. The monoisotopic (exact) mass is 344 g/mol. The minimum absolute atomic E-state index is 0.0280. The Morgan fingerprint density at radius 2 is 1.79 bits per heavy atom. The fraction of sp³-hybridized carbons (Fsp3) is 0.278. The van der Waals surface area contributed by atoms with Crippen LogP contribution >= 0.6 is 0 Å². The van der Waals surface area contributed by atoms with Gasteiger partial charge in [-0.15, -0.1) is 0 Å². The van der Waals surface area contributed by atoms with E-state index in [2.05, 4.69) is 29.1 Å². The maximum atomic E-state index is 12.4. The van der Waals surface area contributed by atoms with Gasteiger partial charge in [0, 0.05) is 11.6 Å². The normalized spacial score (nSPS) is 19.6. The molecule has 0 spiro atoms. The first-order valence-corrected chi connectivity index (χ1v) is 9.67. The summed E-state index contributed by atoms with van der Waals surface area (Å²) in [6.07, 6.45) is 1.94. The van der Waals surface area contributed by atoms with Crippen LogP contribution in [0.3, 0.4) is 0 Å². The Kier molecular flexibility index (Phi) is 4.32. The molecular formula is C18H20N2O3S. The molecule has 0 aromatic heterocycles. The molecule has 5 nitrogen and oxygen atoms in total. The molecule has 6 heteroatoms. The Balaban J connectivity index is 1.66. The quantitative estimate of drug-likeness (QED) is 0.875. The third-order valence-electron chi connectivity index (χ3n) is 4.15. The number of rotatable bonds is 5. The van der Waals surface area contributed by atoms with Crippen molar-refractivity contribution in [1.29, 1.82) is 0 Å². The molecule has 1 fully saturated rings. The van der Waals surface area contributed by atoms with Crippen molar-refractivity contribution in [3.8, 4) is 0 Å². The van der Waals surface area contributed by atoms with Crippen LogP contribution in [0.4, 0.5) is 11.4 Å². The topological polar surface area (TPSA) is 75.3 Å². The Morgan fingerprint density at radius 3 is 2.50 bits per heavy atom. The van der Waals surface area contributed by atoms with Crippen LogP contribution in [0.5, 0.6) is 0 Å². The van der Waals surface area contributed by atoms with Gasteiger partial charge in [0.05, 0.1) is 11.9 Å². The van der Waals surface area contributed by atoms with Crippen LogP contribution in [-0.4, -0.2) is 20.6 Å². The fourth-order valence-electron chi connectivity index (χ4n) is 2.94. The Labute approximate surface area is 142 Å². The standard InChI is InChI=1S/C18H20N2O3S/c1-12-6-3-4-9-15(12)16-11-17(16)18(21)19-13-7-5-8-14(10-13)20-24(2,22)23/h3-10,16-17,20H,11H2,1-2H3,(H,19,21)/t16-,17+/m1/s1. The second-order valence-electron chi connectivity index (χ2n) is 6.25. The van der Waals surface area contributed by atoms with E-state index in [1.807, 2.05) is 12.1 Å². The zero-order valence-corrected chi connectivity index (χ0v) is 14.4. The molecule has 1 amide bonds. The zero-order chi connectivity index (χ0) is 17.3. The van der Waals surface area contributed by atoms with Crippen LogP contribution in [0.1, 0.15) is 23.5 Å². The first kappa shape index (κ1) is 16.5. The average molecular weight is 344 g/mol. The van der Waals surface area contributed by atoms with Gasteiger partial charge in [0.25, 0.3) is 0 Å². The van der Waals surface area contributed by atoms with Gasteiger partial charge in [-0.1, -0.05) is 30.3 Å². The highest BCUT2D eigenvalue weighted by molar-refractivity contribution is 7.92. The van der Waals surface area contributed by atoms with Crippen LogP contribution in [-0.2, 0) is 14.8 Å². The summed E-state index contributed by atoms with van der Waals surface area (Å²) in [7, 11) is -3.34. The van der Waals surface area contributed by atoms with E-state index in [0.717, 1.165) is 12.7 Å². The number of anilines is 2. The summed E-state index contributed by atoms with van der Waals surface area (Å²) in [5.74, 6) is 0.209. The van der Waals surface area contributed by atoms with Gasteiger partial charge in [-0.25, -0.2) is 8.42 Å². The molecule has 0 aliphatic heterocycles. The minimum atomic E-state index is -3.34. The molecule has 1 aliphatic carbocycles. The minimum Gasteiger partial charge on any atom is -0.326 e. The van der Waals surface area contributed by atoms with Gasteiger partial charge < -0.3 is 5.32 Å². The highest BCUT2D eigenvalue weighted by atomic mass is 32.2. The summed E-state index contributed by atoms with van der Waals surface area (Å²) >= 11 is 0. The molecular weight excluding hydrogens is 324 g/mol. The number of amides is 1. The molecule has 0 unspecified atom stereocenters. The number of sulfonamides is 1. The number of benzene rings is 2. The average Bonchev–Trinajstić information content (AvgIpc) is 3.26. The van der Waals surface area contributed by atoms with Crippen LogP contribution in [0.25, 0.3) is 0 Å². The van der Waals surface area contributed by atoms with E-state index >= 15 is 0 Å². The van der Waals surface area contributed by atoms with E-state index in [-0.39, 0.29) is 17.7 Å². The molecule has 24 heavy (non-hydrogen) atoms. The number of nitrogens with one attached hydrogen (secondary N) is 2. The lowest BCUT2D eigenvalue weighted by Gasteiger charge is -2.09. The van der Waals surface area contributed by atoms with Gasteiger partial charge in [0.1, 0.15) is 0 Å². The number of aryl methyl sites for hydroxylation is 1. The van der Waals surface area contributed by atoms with Crippen LogP contribution < -0.4 is 10.0 Å². The number of carbonyl (C=O) groups is 1. The van der Waals surface area contributed by atoms with Crippen molar-refractivity contribution in [2.45, 2.75) is 19.3 Å². The van der Waals surface area contributed by atoms with Crippen LogP contribution in [0.2, 0.25) is 0 Å². The molecule has 0 bridgehead atoms. The lowest BCUT2D eigenvalue weighted by molar-refractivity contribution is -0.117. The molecule has 2 atom stereocenters. The third kappa shape index (κ3) is 3.94. The molecule has 1 aliphatic rings. The molecule has 126 valence electrons. The van der Waals surface area contributed by atoms with Crippen molar-refractivity contribution in [2.75, 3.05) is 16.3 Å². The predicted molar refractivity (Wildman–Crippen MR) is 95.6 cm³/mol. The van der Waals surface area contributed by atoms with Crippen LogP contribution in [0.15, 0.2) is 48.5 Å². The van der Waals surface area contributed by atoms with E-state index in [1.54, 1.807) is 24.3 Å². The first-order valence-electron chi connectivity index (χ1n) is 7.78. The SMILES string of the molecule is Cc1ccccc1[C@H]1C[C@@H]1C(=O)Nc1cccc(NS(C)(=O)=O)c1. The van der Waals surface area contributed by atoms with Gasteiger partial charge in [-0.3, -0.25) is 9.52 Å². The van der Waals surface area contributed by atoms with Gasteiger partial charge in [-0.2, -0.15) is 0 Å². The molecule has 3 rings (SSSR count). The maximum Gasteiger partial charge on any atom is 0.229 e. The number of hydrogen-bond acceptors (Lipinski definition) is 3. The van der Waals surface area contributed by atoms with E-state index in [0.29, 0.717) is 11.4 Å². The van der Waals surface area contributed by atoms with Crippen molar-refractivity contribution < 1.29 is 13.2 Å². The molecule has 0 radical (unpaired) electrons. The molecule has 2 N–H and O–H groups in total. The van der Waals surface area contributed by atoms with Crippen LogP contribution in [0, 0.1) is 12.8 Å². The van der Waals surface area contributed by atoms with Gasteiger partial charge in [0.15, 0.2) is 0 Å². The second-order valence-corrected chi connectivity index (χ2v) is 8.00. The summed E-state index contributed by atoms with van der Waals surface area (Å²) in [6, 6.07) is 14.8. The Bertz CT molecular complexity index is 877. The molecule has 1 saturated carbocycles. The molecule has 2 aromatic rings. The highest BCUT2D eigenvalue weighted by Crippen LogP contribution is 2.48. The molecule has 0 heterocycles. The first-order chi connectivity index (χ1) is 11.3. The maximum absolute atomic E-state index is 12.4. The number of hydrogen-bond donors (Lipinski definition) is 2. The zero-order valence-electron chi connectivity index (χ0n) is 13.6. The van der Waals surface area contributed by atoms with Crippen molar-refractivity contribution in [1.82, 2.24) is 0 Å². The number of carbonyl (C=O) groups excluding carboxylic acids is 1. The van der Waals surface area contributed by atoms with Gasteiger partial charge >= 0.3 is 0 Å². The highest BCUT2D eigenvalue weighted by Gasteiger charge is 2.44. The van der Waals surface area contributed by atoms with Crippen molar-refractivity contribution in [3.63, 3.8) is 0 Å². The van der Waals surface area contributed by atoms with Gasteiger partial charge in [-0.05, 0) is 48.6 Å². The van der Waals surface area contributed by atoms with E-state index in [4.69, 9.17) is 0 Å². The fourth-order valence-corrected chi connectivity index (χ4v) is 3.50. The smallest absolute Gasteiger partial charge is 0.229 e. The lowest BCUT2D eigenvalue weighted by Crippen LogP contribution is -2.15. The predicted octanol–water partition coefficient (Wildman–Crippen LogP) is 3.11. The summed E-state index contributed by atoms with van der Waals surface area (Å²) in [6.45, 7) is 2.06. The van der Waals surface area contributed by atoms with Crippen molar-refractivity contribution in [3.05, 3.63) is 59.7 Å². The van der Waals surface area contributed by atoms with Gasteiger partial charge in [0.2, 0.25) is 15.9 Å². The van der Waals surface area contributed by atoms with Crippen molar-refractivity contribution >= 4 is 27.3 Å². The Morgan fingerprint density at radius 1 is 1.08 bits per heavy atom. The molecule has 2 aromatic carbocycles. The summed E-state index contributed by atoms with van der Waals surface area (Å²) in [5.41, 5.74) is 3.45. The lowest BCUT2D eigenvalue weighted by atomic mass is 10.0. The molecule has 0 saturated heterocycles. The second kappa shape index (κ2) is 6.28. The summed E-state index contributed by atoms with van der Waals surface area (Å²) in [5, 5.41) is 2.88. The largest absolute Gasteiger partial charge is 0.326 e. The third-order valence-corrected chi connectivity index (χ3v) is 4.75.